The molecule has 174 valence electrons. The number of carbonyl (C=O) groups excluding carboxylic acids is 4. The van der Waals surface area contributed by atoms with Crippen molar-refractivity contribution in [2.45, 2.75) is 64.6 Å². The van der Waals surface area contributed by atoms with E-state index in [4.69, 9.17) is 4.74 Å². The number of hydrogen-bond donors (Lipinski definition) is 1. The number of amides is 3. The van der Waals surface area contributed by atoms with Crippen molar-refractivity contribution in [3.05, 3.63) is 35.4 Å². The second-order valence-electron chi connectivity index (χ2n) is 8.78. The number of esters is 1. The lowest BCUT2D eigenvalue weighted by Crippen LogP contribution is -2.50. The zero-order chi connectivity index (χ0) is 23.4. The summed E-state index contributed by atoms with van der Waals surface area (Å²) in [5.41, 5.74) is 0.566. The minimum atomic E-state index is -1.07. The van der Waals surface area contributed by atoms with E-state index in [1.165, 1.54) is 18.7 Å². The molecule has 0 bridgehead atoms. The van der Waals surface area contributed by atoms with Crippen molar-refractivity contribution in [2.75, 3.05) is 12.0 Å². The maximum atomic E-state index is 13.0. The molecule has 5 atom stereocenters. The van der Waals surface area contributed by atoms with Crippen molar-refractivity contribution in [3.8, 4) is 0 Å². The number of imide groups is 1. The average Bonchev–Trinajstić information content (AvgIpc) is 3.02. The molecule has 1 aliphatic carbocycles. The third-order valence-electron chi connectivity index (χ3n) is 6.70. The Balaban J connectivity index is 1.69. The quantitative estimate of drug-likeness (QED) is 0.473. The van der Waals surface area contributed by atoms with E-state index in [1.54, 1.807) is 24.3 Å². The maximum absolute atomic E-state index is 13.0. The summed E-state index contributed by atoms with van der Waals surface area (Å²) in [7, 11) is 0. The van der Waals surface area contributed by atoms with Gasteiger partial charge in [0.1, 0.15) is 6.04 Å². The first kappa shape index (κ1) is 24.3. The predicted octanol–water partition coefficient (Wildman–Crippen LogP) is 3.28. The monoisotopic (exact) mass is 460 g/mol. The normalized spacial score (nSPS) is 24.6. The van der Waals surface area contributed by atoms with Gasteiger partial charge < -0.3 is 10.1 Å². The Kier molecular flexibility index (Phi) is 7.98. The fourth-order valence-electron chi connectivity index (χ4n) is 4.46. The van der Waals surface area contributed by atoms with Gasteiger partial charge in [0.05, 0.1) is 11.1 Å². The van der Waals surface area contributed by atoms with E-state index >= 15 is 0 Å². The fourth-order valence-corrected chi connectivity index (χ4v) is 4.92. The van der Waals surface area contributed by atoms with E-state index in [0.29, 0.717) is 17.6 Å². The van der Waals surface area contributed by atoms with Crippen LogP contribution in [-0.2, 0) is 14.3 Å². The first-order chi connectivity index (χ1) is 15.3. The highest BCUT2D eigenvalue weighted by Gasteiger charge is 2.43. The van der Waals surface area contributed by atoms with E-state index in [0.717, 1.165) is 24.2 Å². The van der Waals surface area contributed by atoms with Crippen LogP contribution >= 0.6 is 11.8 Å². The van der Waals surface area contributed by atoms with Crippen molar-refractivity contribution in [1.82, 2.24) is 10.2 Å². The zero-order valence-corrected chi connectivity index (χ0v) is 19.9. The molecule has 1 aromatic rings. The average molecular weight is 461 g/mol. The molecule has 0 saturated heterocycles. The molecule has 1 aliphatic heterocycles. The van der Waals surface area contributed by atoms with E-state index < -0.39 is 29.9 Å². The third kappa shape index (κ3) is 5.00. The van der Waals surface area contributed by atoms with Gasteiger partial charge in [-0.2, -0.15) is 11.8 Å². The maximum Gasteiger partial charge on any atom is 0.330 e. The van der Waals surface area contributed by atoms with Crippen molar-refractivity contribution in [1.29, 1.82) is 0 Å². The number of benzene rings is 1. The fraction of sp³-hybridized carbons (Fsp3) is 0.583. The number of carbonyl (C=O) groups is 4. The van der Waals surface area contributed by atoms with Gasteiger partial charge in [-0.3, -0.25) is 19.3 Å². The molecule has 0 radical (unpaired) electrons. The standard InChI is InChI=1S/C24H32N2O5S/c1-14-8-7-11-19(15(14)2)25-21(27)16(3)31-24(30)20(12-13-32-4)26-22(28)17-9-5-6-10-18(17)23(26)29/h5-6,9-10,14-16,19-20H,7-8,11-13H2,1-4H3,(H,25,27)/t14-,15+,16-,19-,20-/m1/s1. The van der Waals surface area contributed by atoms with E-state index in [1.807, 2.05) is 6.26 Å². The second-order valence-corrected chi connectivity index (χ2v) is 9.77. The molecule has 3 amide bonds. The van der Waals surface area contributed by atoms with Gasteiger partial charge in [-0.25, -0.2) is 4.79 Å². The molecule has 0 aromatic heterocycles. The number of ether oxygens (including phenoxy) is 1. The Morgan fingerprint density at radius 2 is 1.78 bits per heavy atom. The van der Waals surface area contributed by atoms with Gasteiger partial charge in [0.25, 0.3) is 17.7 Å². The van der Waals surface area contributed by atoms with Crippen LogP contribution in [0.25, 0.3) is 0 Å². The highest BCUT2D eigenvalue weighted by atomic mass is 32.2. The molecule has 32 heavy (non-hydrogen) atoms. The lowest BCUT2D eigenvalue weighted by Gasteiger charge is -2.35. The molecule has 0 spiro atoms. The molecule has 1 saturated carbocycles. The van der Waals surface area contributed by atoms with Crippen molar-refractivity contribution in [3.63, 3.8) is 0 Å². The van der Waals surface area contributed by atoms with E-state index in [-0.39, 0.29) is 29.5 Å². The Labute approximate surface area is 193 Å². The largest absolute Gasteiger partial charge is 0.451 e. The molecule has 8 heteroatoms. The Morgan fingerprint density at radius 3 is 2.38 bits per heavy atom. The van der Waals surface area contributed by atoms with Crippen LogP contribution in [0.3, 0.4) is 0 Å². The summed E-state index contributed by atoms with van der Waals surface area (Å²) in [4.78, 5) is 52.5. The van der Waals surface area contributed by atoms with E-state index in [9.17, 15) is 19.2 Å². The van der Waals surface area contributed by atoms with Gasteiger partial charge in [0, 0.05) is 6.04 Å². The van der Waals surface area contributed by atoms with Gasteiger partial charge >= 0.3 is 5.97 Å². The summed E-state index contributed by atoms with van der Waals surface area (Å²) in [6, 6.07) is 5.50. The molecule has 2 aliphatic rings. The van der Waals surface area contributed by atoms with Crippen LogP contribution in [-0.4, -0.2) is 58.8 Å². The molecular formula is C24H32N2O5S. The molecular weight excluding hydrogens is 428 g/mol. The van der Waals surface area contributed by atoms with Gasteiger partial charge in [-0.1, -0.05) is 38.8 Å². The van der Waals surface area contributed by atoms with Crippen LogP contribution in [0.15, 0.2) is 24.3 Å². The number of hydrogen-bond acceptors (Lipinski definition) is 6. The van der Waals surface area contributed by atoms with Crippen LogP contribution < -0.4 is 5.32 Å². The third-order valence-corrected chi connectivity index (χ3v) is 7.35. The first-order valence-corrected chi connectivity index (χ1v) is 12.6. The summed E-state index contributed by atoms with van der Waals surface area (Å²) in [5.74, 6) is -0.659. The Morgan fingerprint density at radius 1 is 1.16 bits per heavy atom. The first-order valence-electron chi connectivity index (χ1n) is 11.2. The highest BCUT2D eigenvalue weighted by molar-refractivity contribution is 7.98. The van der Waals surface area contributed by atoms with Gasteiger partial charge in [-0.05, 0) is 55.7 Å². The summed E-state index contributed by atoms with van der Waals surface area (Å²) in [6.07, 6.45) is 4.24. The number of nitrogens with one attached hydrogen (secondary N) is 1. The van der Waals surface area contributed by atoms with Crippen molar-refractivity contribution >= 4 is 35.5 Å². The van der Waals surface area contributed by atoms with Gasteiger partial charge in [0.15, 0.2) is 6.10 Å². The number of fused-ring (bicyclic) bond motifs is 1. The smallest absolute Gasteiger partial charge is 0.330 e. The lowest BCUT2D eigenvalue weighted by atomic mass is 9.78. The van der Waals surface area contributed by atoms with Crippen LogP contribution in [0.1, 0.15) is 67.2 Å². The zero-order valence-electron chi connectivity index (χ0n) is 19.1. The second kappa shape index (κ2) is 10.5. The number of nitrogens with zero attached hydrogens (tertiary/aromatic N) is 1. The number of rotatable bonds is 8. The molecule has 0 unspecified atom stereocenters. The lowest BCUT2D eigenvalue weighted by molar-refractivity contribution is -0.159. The van der Waals surface area contributed by atoms with Crippen molar-refractivity contribution < 1.29 is 23.9 Å². The Bertz CT molecular complexity index is 854. The van der Waals surface area contributed by atoms with Crippen LogP contribution in [0.2, 0.25) is 0 Å². The van der Waals surface area contributed by atoms with Gasteiger partial charge in [-0.15, -0.1) is 0 Å². The summed E-state index contributed by atoms with van der Waals surface area (Å²) in [6.45, 7) is 5.84. The van der Waals surface area contributed by atoms with Crippen molar-refractivity contribution in [2.24, 2.45) is 11.8 Å². The summed E-state index contributed by atoms with van der Waals surface area (Å²) in [5, 5.41) is 3.02. The van der Waals surface area contributed by atoms with Crippen LogP contribution in [0, 0.1) is 11.8 Å². The van der Waals surface area contributed by atoms with E-state index in [2.05, 4.69) is 19.2 Å². The summed E-state index contributed by atoms with van der Waals surface area (Å²) < 4.78 is 5.48. The predicted molar refractivity (Wildman–Crippen MR) is 123 cm³/mol. The molecule has 3 rings (SSSR count). The number of thioether (sulfide) groups is 1. The Hall–Kier alpha value is -2.35. The molecule has 7 nitrogen and oxygen atoms in total. The molecule has 1 fully saturated rings. The molecule has 1 N–H and O–H groups in total. The highest BCUT2D eigenvalue weighted by Crippen LogP contribution is 2.30. The minimum Gasteiger partial charge on any atom is -0.451 e. The SMILES string of the molecule is CSCC[C@H](C(=O)O[C@H](C)C(=O)N[C@@H]1CCC[C@@H](C)[C@@H]1C)N1C(=O)c2ccccc2C1=O. The van der Waals surface area contributed by atoms with Crippen LogP contribution in [0.4, 0.5) is 0 Å². The molecule has 1 heterocycles. The minimum absolute atomic E-state index is 0.0518. The molecule has 1 aromatic carbocycles. The summed E-state index contributed by atoms with van der Waals surface area (Å²) >= 11 is 1.51. The topological polar surface area (TPSA) is 92.8 Å². The van der Waals surface area contributed by atoms with Crippen LogP contribution in [0.5, 0.6) is 0 Å². The van der Waals surface area contributed by atoms with Gasteiger partial charge in [0.2, 0.25) is 0 Å².